The Labute approximate surface area is 180 Å². The molecule has 0 spiro atoms. The molecule has 1 atom stereocenters. The molecule has 1 amide bonds. The summed E-state index contributed by atoms with van der Waals surface area (Å²) >= 11 is 5.35. The molecule has 0 saturated heterocycles. The van der Waals surface area contributed by atoms with E-state index in [2.05, 4.69) is 15.5 Å². The van der Waals surface area contributed by atoms with Crippen molar-refractivity contribution in [3.8, 4) is 22.9 Å². The Hall–Kier alpha value is -3.13. The number of carbonyl (C=O) groups is 1. The van der Waals surface area contributed by atoms with Gasteiger partial charge in [0.1, 0.15) is 24.1 Å². The van der Waals surface area contributed by atoms with Crippen molar-refractivity contribution in [1.82, 2.24) is 14.8 Å². The summed E-state index contributed by atoms with van der Waals surface area (Å²) < 4.78 is 13.7. The Bertz CT molecular complexity index is 1150. The van der Waals surface area contributed by atoms with Crippen molar-refractivity contribution in [3.05, 3.63) is 52.3 Å². The van der Waals surface area contributed by atoms with Crippen molar-refractivity contribution in [2.45, 2.75) is 39.8 Å². The van der Waals surface area contributed by atoms with Gasteiger partial charge in [-0.25, -0.2) is 0 Å². The van der Waals surface area contributed by atoms with E-state index in [-0.39, 0.29) is 18.6 Å². The minimum atomic E-state index is -0.228. The fourth-order valence-corrected chi connectivity index (χ4v) is 3.81. The number of fused-ring (bicyclic) bond motifs is 1. The number of anilines is 1. The summed E-state index contributed by atoms with van der Waals surface area (Å²) in [5.41, 5.74) is 3.67. The molecule has 0 saturated carbocycles. The lowest BCUT2D eigenvalue weighted by molar-refractivity contribution is -0.116. The molecule has 4 rings (SSSR count). The summed E-state index contributed by atoms with van der Waals surface area (Å²) in [5.74, 6) is 1.81. The van der Waals surface area contributed by atoms with Gasteiger partial charge in [-0.3, -0.25) is 14.5 Å². The molecular formula is C22H24N4O3S. The Morgan fingerprint density at radius 1 is 1.40 bits per heavy atom. The van der Waals surface area contributed by atoms with Crippen LogP contribution in [0.5, 0.6) is 11.5 Å². The highest BCUT2D eigenvalue weighted by atomic mass is 32.1. The van der Waals surface area contributed by atoms with Gasteiger partial charge in [0.2, 0.25) is 5.91 Å². The van der Waals surface area contributed by atoms with Gasteiger partial charge in [0.05, 0.1) is 12.3 Å². The van der Waals surface area contributed by atoms with E-state index in [0.717, 1.165) is 28.9 Å². The van der Waals surface area contributed by atoms with Gasteiger partial charge in [0.15, 0.2) is 10.6 Å². The van der Waals surface area contributed by atoms with E-state index in [9.17, 15) is 4.79 Å². The van der Waals surface area contributed by atoms with Crippen molar-refractivity contribution in [2.75, 3.05) is 11.9 Å². The first kappa shape index (κ1) is 20.2. The zero-order valence-corrected chi connectivity index (χ0v) is 18.0. The standard InChI is InChI=1S/C22H24N4O3S/c1-4-28-19-10-16-9-14(3)29-18(16)11-17(19)23-20(27)12-26-21(24-25-22(26)30)15-7-5-6-13(2)8-15/h5-8,10-11,14H,4,9,12H2,1-3H3,(H,23,27)(H,25,30). The lowest BCUT2D eigenvalue weighted by atomic mass is 10.1. The topological polar surface area (TPSA) is 81.2 Å². The smallest absolute Gasteiger partial charge is 0.244 e. The molecule has 1 aliphatic heterocycles. The molecule has 0 aliphatic carbocycles. The summed E-state index contributed by atoms with van der Waals surface area (Å²) in [6, 6.07) is 11.7. The second kappa shape index (κ2) is 8.31. The number of aromatic amines is 1. The van der Waals surface area contributed by atoms with Crippen LogP contribution in [0, 0.1) is 11.7 Å². The average Bonchev–Trinajstić information content (AvgIpc) is 3.23. The molecule has 2 aromatic carbocycles. The minimum Gasteiger partial charge on any atom is -0.492 e. The monoisotopic (exact) mass is 424 g/mol. The van der Waals surface area contributed by atoms with Gasteiger partial charge in [-0.15, -0.1) is 0 Å². The van der Waals surface area contributed by atoms with Gasteiger partial charge in [-0.1, -0.05) is 23.8 Å². The number of hydrogen-bond donors (Lipinski definition) is 2. The molecule has 30 heavy (non-hydrogen) atoms. The summed E-state index contributed by atoms with van der Waals surface area (Å²) in [4.78, 5) is 12.9. The maximum Gasteiger partial charge on any atom is 0.244 e. The predicted molar refractivity (Wildman–Crippen MR) is 118 cm³/mol. The van der Waals surface area contributed by atoms with E-state index in [0.29, 0.717) is 28.6 Å². The number of carbonyl (C=O) groups excluding carboxylic acids is 1. The number of rotatable bonds is 6. The minimum absolute atomic E-state index is 0.0263. The fourth-order valence-electron chi connectivity index (χ4n) is 3.61. The highest BCUT2D eigenvalue weighted by Gasteiger charge is 2.23. The van der Waals surface area contributed by atoms with Crippen LogP contribution in [0.3, 0.4) is 0 Å². The number of H-pyrrole nitrogens is 1. The number of nitrogens with one attached hydrogen (secondary N) is 2. The lowest BCUT2D eigenvalue weighted by Crippen LogP contribution is -2.20. The fraction of sp³-hybridized carbons (Fsp3) is 0.318. The highest BCUT2D eigenvalue weighted by molar-refractivity contribution is 7.71. The number of ether oxygens (including phenoxy) is 2. The second-order valence-electron chi connectivity index (χ2n) is 7.38. The van der Waals surface area contributed by atoms with Gasteiger partial charge in [0.25, 0.3) is 0 Å². The number of benzene rings is 2. The Balaban J connectivity index is 1.59. The van der Waals surface area contributed by atoms with E-state index in [1.54, 1.807) is 4.57 Å². The molecule has 0 bridgehead atoms. The van der Waals surface area contributed by atoms with E-state index in [1.165, 1.54) is 0 Å². The van der Waals surface area contributed by atoms with E-state index >= 15 is 0 Å². The molecule has 2 N–H and O–H groups in total. The molecule has 0 fully saturated rings. The number of aryl methyl sites for hydroxylation is 1. The molecule has 7 nitrogen and oxygen atoms in total. The Morgan fingerprint density at radius 2 is 2.23 bits per heavy atom. The van der Waals surface area contributed by atoms with Gasteiger partial charge in [0, 0.05) is 23.6 Å². The Kier molecular flexibility index (Phi) is 5.59. The molecule has 2 heterocycles. The molecule has 0 radical (unpaired) electrons. The number of amides is 1. The van der Waals surface area contributed by atoms with Crippen LogP contribution in [0.15, 0.2) is 36.4 Å². The van der Waals surface area contributed by atoms with E-state index in [1.807, 2.05) is 57.2 Å². The van der Waals surface area contributed by atoms with Crippen LogP contribution in [0.2, 0.25) is 0 Å². The molecule has 8 heteroatoms. The van der Waals surface area contributed by atoms with Crippen LogP contribution in [-0.2, 0) is 17.8 Å². The van der Waals surface area contributed by atoms with E-state index in [4.69, 9.17) is 21.7 Å². The number of hydrogen-bond acceptors (Lipinski definition) is 5. The van der Waals surface area contributed by atoms with Crippen molar-refractivity contribution < 1.29 is 14.3 Å². The summed E-state index contributed by atoms with van der Waals surface area (Å²) in [6.45, 7) is 6.47. The molecule has 3 aromatic rings. The van der Waals surface area contributed by atoms with Gasteiger partial charge in [-0.2, -0.15) is 5.10 Å². The maximum absolute atomic E-state index is 12.9. The number of nitrogens with zero attached hydrogens (tertiary/aromatic N) is 2. The van der Waals surface area contributed by atoms with Crippen molar-refractivity contribution in [3.63, 3.8) is 0 Å². The predicted octanol–water partition coefficient (Wildman–Crippen LogP) is 4.28. The zero-order valence-electron chi connectivity index (χ0n) is 17.2. The lowest BCUT2D eigenvalue weighted by Gasteiger charge is -2.14. The van der Waals surface area contributed by atoms with Crippen LogP contribution in [0.25, 0.3) is 11.4 Å². The third-order valence-corrected chi connectivity index (χ3v) is 5.22. The van der Waals surface area contributed by atoms with Crippen LogP contribution in [0.4, 0.5) is 5.69 Å². The normalized spacial score (nSPS) is 14.8. The van der Waals surface area contributed by atoms with Crippen molar-refractivity contribution in [1.29, 1.82) is 0 Å². The molecule has 1 unspecified atom stereocenters. The van der Waals surface area contributed by atoms with Gasteiger partial charge >= 0.3 is 0 Å². The van der Waals surface area contributed by atoms with Gasteiger partial charge in [-0.05, 0) is 45.1 Å². The van der Waals surface area contributed by atoms with Crippen LogP contribution in [0.1, 0.15) is 25.0 Å². The largest absolute Gasteiger partial charge is 0.492 e. The Morgan fingerprint density at radius 3 is 3.00 bits per heavy atom. The van der Waals surface area contributed by atoms with Crippen LogP contribution >= 0.6 is 12.2 Å². The second-order valence-corrected chi connectivity index (χ2v) is 7.76. The molecule has 1 aromatic heterocycles. The molecular weight excluding hydrogens is 400 g/mol. The van der Waals surface area contributed by atoms with Crippen molar-refractivity contribution >= 4 is 23.8 Å². The first-order chi connectivity index (χ1) is 14.4. The van der Waals surface area contributed by atoms with Crippen molar-refractivity contribution in [2.24, 2.45) is 0 Å². The third kappa shape index (κ3) is 4.09. The first-order valence-electron chi connectivity index (χ1n) is 9.93. The maximum atomic E-state index is 12.9. The SMILES string of the molecule is CCOc1cc2c(cc1NC(=O)Cn1c(-c3cccc(C)c3)n[nH]c1=S)OC(C)C2. The summed E-state index contributed by atoms with van der Waals surface area (Å²) in [7, 11) is 0. The number of aromatic nitrogens is 3. The zero-order chi connectivity index (χ0) is 21.3. The summed E-state index contributed by atoms with van der Waals surface area (Å²) in [5, 5.41) is 10.0. The highest BCUT2D eigenvalue weighted by Crippen LogP contribution is 2.38. The van der Waals surface area contributed by atoms with Gasteiger partial charge < -0.3 is 14.8 Å². The molecule has 156 valence electrons. The molecule has 1 aliphatic rings. The van der Waals surface area contributed by atoms with Crippen LogP contribution in [-0.4, -0.2) is 33.4 Å². The quantitative estimate of drug-likeness (QED) is 0.578. The van der Waals surface area contributed by atoms with Crippen LogP contribution < -0.4 is 14.8 Å². The van der Waals surface area contributed by atoms with E-state index < -0.39 is 0 Å². The summed E-state index contributed by atoms with van der Waals surface area (Å²) in [6.07, 6.45) is 0.940. The average molecular weight is 425 g/mol. The third-order valence-electron chi connectivity index (χ3n) is 4.91. The first-order valence-corrected chi connectivity index (χ1v) is 10.3.